The zero-order chi connectivity index (χ0) is 33.8. The van der Waals surface area contributed by atoms with E-state index in [4.69, 9.17) is 9.47 Å². The first kappa shape index (κ1) is 42.7. The molecule has 6 N–H and O–H groups in total. The molecule has 0 spiro atoms. The maximum atomic E-state index is 12.8. The van der Waals surface area contributed by atoms with Crippen LogP contribution in [0.15, 0.2) is 24.3 Å². The van der Waals surface area contributed by atoms with Gasteiger partial charge in [0.25, 0.3) is 0 Å². The lowest BCUT2D eigenvalue weighted by Crippen LogP contribution is -2.60. The lowest BCUT2D eigenvalue weighted by molar-refractivity contribution is -0.302. The smallest absolute Gasteiger partial charge is 0.220 e. The fourth-order valence-corrected chi connectivity index (χ4v) is 5.70. The summed E-state index contributed by atoms with van der Waals surface area (Å²) < 4.78 is 11.1. The first-order chi connectivity index (χ1) is 22.3. The zero-order valence-electron chi connectivity index (χ0n) is 29.1. The maximum absolute atomic E-state index is 12.8. The molecule has 1 aliphatic heterocycles. The molecule has 0 aromatic heterocycles. The van der Waals surface area contributed by atoms with Gasteiger partial charge in [-0.3, -0.25) is 4.79 Å². The molecule has 1 saturated heterocycles. The Morgan fingerprint density at radius 2 is 1.24 bits per heavy atom. The molecule has 46 heavy (non-hydrogen) atoms. The maximum Gasteiger partial charge on any atom is 0.220 e. The number of hydrogen-bond acceptors (Lipinski definition) is 8. The SMILES string of the molecule is CCCCCC/C=C/CC/C=C/C(O)C(COC1OC(CO)C(O)C(O)C1O)NC(=O)CCCCCCCCCCCCCCC. The summed E-state index contributed by atoms with van der Waals surface area (Å²) in [6.07, 6.45) is 23.7. The Kier molecular flexibility index (Phi) is 26.6. The van der Waals surface area contributed by atoms with E-state index in [0.29, 0.717) is 6.42 Å². The summed E-state index contributed by atoms with van der Waals surface area (Å²) in [7, 11) is 0. The molecule has 1 aliphatic rings. The van der Waals surface area contributed by atoms with Crippen molar-refractivity contribution in [2.45, 2.75) is 192 Å². The quantitative estimate of drug-likeness (QED) is 0.0425. The highest BCUT2D eigenvalue weighted by Crippen LogP contribution is 2.22. The van der Waals surface area contributed by atoms with Crippen molar-refractivity contribution in [2.24, 2.45) is 0 Å². The van der Waals surface area contributed by atoms with Crippen LogP contribution in [0.3, 0.4) is 0 Å². The molecule has 0 radical (unpaired) electrons. The van der Waals surface area contributed by atoms with Gasteiger partial charge in [-0.05, 0) is 32.1 Å². The number of allylic oxidation sites excluding steroid dienone is 3. The summed E-state index contributed by atoms with van der Waals surface area (Å²) in [4.78, 5) is 12.8. The Morgan fingerprint density at radius 3 is 1.83 bits per heavy atom. The number of aliphatic hydroxyl groups excluding tert-OH is 5. The van der Waals surface area contributed by atoms with Crippen LogP contribution < -0.4 is 5.32 Å². The van der Waals surface area contributed by atoms with Crippen molar-refractivity contribution in [3.8, 4) is 0 Å². The zero-order valence-corrected chi connectivity index (χ0v) is 29.1. The molecule has 0 aromatic rings. The second kappa shape index (κ2) is 28.7. The van der Waals surface area contributed by atoms with Crippen molar-refractivity contribution in [1.82, 2.24) is 5.32 Å². The first-order valence-electron chi connectivity index (χ1n) is 18.6. The Labute approximate surface area is 279 Å². The fourth-order valence-electron chi connectivity index (χ4n) is 5.70. The van der Waals surface area contributed by atoms with Crippen LogP contribution in [0.1, 0.15) is 149 Å². The van der Waals surface area contributed by atoms with E-state index in [9.17, 15) is 30.3 Å². The van der Waals surface area contributed by atoms with Crippen LogP contribution in [-0.2, 0) is 14.3 Å². The highest BCUT2D eigenvalue weighted by molar-refractivity contribution is 5.76. The molecule has 1 heterocycles. The number of nitrogens with one attached hydrogen (secondary N) is 1. The molecule has 9 nitrogen and oxygen atoms in total. The molecule has 0 aromatic carbocycles. The number of amides is 1. The van der Waals surface area contributed by atoms with Gasteiger partial charge in [0, 0.05) is 6.42 Å². The van der Waals surface area contributed by atoms with Gasteiger partial charge < -0.3 is 40.3 Å². The van der Waals surface area contributed by atoms with Gasteiger partial charge in [-0.15, -0.1) is 0 Å². The van der Waals surface area contributed by atoms with Crippen LogP contribution in [0.5, 0.6) is 0 Å². The fraction of sp³-hybridized carbons (Fsp3) is 0.865. The third-order valence-electron chi connectivity index (χ3n) is 8.78. The van der Waals surface area contributed by atoms with E-state index in [0.717, 1.165) is 38.5 Å². The van der Waals surface area contributed by atoms with Crippen molar-refractivity contribution < 1.29 is 39.8 Å². The van der Waals surface area contributed by atoms with E-state index in [1.165, 1.54) is 89.9 Å². The van der Waals surface area contributed by atoms with Crippen LogP contribution in [0.4, 0.5) is 0 Å². The highest BCUT2D eigenvalue weighted by Gasteiger charge is 2.44. The van der Waals surface area contributed by atoms with Crippen molar-refractivity contribution in [2.75, 3.05) is 13.2 Å². The summed E-state index contributed by atoms with van der Waals surface area (Å²) >= 11 is 0. The monoisotopic (exact) mass is 656 g/mol. The van der Waals surface area contributed by atoms with Gasteiger partial charge in [0.05, 0.1) is 25.4 Å². The topological polar surface area (TPSA) is 149 Å². The lowest BCUT2D eigenvalue weighted by Gasteiger charge is -2.40. The molecule has 0 aliphatic carbocycles. The van der Waals surface area contributed by atoms with Crippen LogP contribution >= 0.6 is 0 Å². The summed E-state index contributed by atoms with van der Waals surface area (Å²) in [5.41, 5.74) is 0. The van der Waals surface area contributed by atoms with Gasteiger partial charge in [-0.25, -0.2) is 0 Å². The largest absolute Gasteiger partial charge is 0.394 e. The summed E-state index contributed by atoms with van der Waals surface area (Å²) in [5.74, 6) is -0.191. The predicted molar refractivity (Wildman–Crippen MR) is 184 cm³/mol. The van der Waals surface area contributed by atoms with E-state index in [1.54, 1.807) is 6.08 Å². The Hall–Kier alpha value is -1.33. The van der Waals surface area contributed by atoms with Crippen molar-refractivity contribution in [3.63, 3.8) is 0 Å². The van der Waals surface area contributed by atoms with Gasteiger partial charge in [0.2, 0.25) is 5.91 Å². The standard InChI is InChI=1S/C37H69NO8/c1-3-5-7-9-11-13-15-16-17-19-21-23-25-27-33(41)38-30(29-45-37-36(44)35(43)34(42)32(28-39)46-37)31(40)26-24-22-20-18-14-12-10-8-6-4-2/h14,18,24,26,30-32,34-37,39-40,42-44H,3-13,15-17,19-23,25,27-29H2,1-2H3,(H,38,41)/b18-14+,26-24+. The second-order valence-corrected chi connectivity index (χ2v) is 13.0. The normalized spacial score (nSPS) is 23.3. The van der Waals surface area contributed by atoms with E-state index >= 15 is 0 Å². The minimum atomic E-state index is -1.57. The molecule has 1 fully saturated rings. The minimum Gasteiger partial charge on any atom is -0.394 e. The van der Waals surface area contributed by atoms with Gasteiger partial charge in [-0.2, -0.15) is 0 Å². The van der Waals surface area contributed by atoms with Crippen molar-refractivity contribution in [1.29, 1.82) is 0 Å². The number of rotatable bonds is 29. The van der Waals surface area contributed by atoms with E-state index in [1.807, 2.05) is 6.08 Å². The lowest BCUT2D eigenvalue weighted by atomic mass is 9.99. The van der Waals surface area contributed by atoms with Crippen LogP contribution in [0.2, 0.25) is 0 Å². The van der Waals surface area contributed by atoms with Crippen LogP contribution in [0.25, 0.3) is 0 Å². The number of carbonyl (C=O) groups excluding carboxylic acids is 1. The average molecular weight is 656 g/mol. The summed E-state index contributed by atoms with van der Waals surface area (Å²) in [6.45, 7) is 3.68. The van der Waals surface area contributed by atoms with Crippen LogP contribution in [0, 0.1) is 0 Å². The third kappa shape index (κ3) is 20.1. The van der Waals surface area contributed by atoms with Gasteiger partial charge in [-0.1, -0.05) is 134 Å². The van der Waals surface area contributed by atoms with Crippen molar-refractivity contribution in [3.05, 3.63) is 24.3 Å². The number of unbranched alkanes of at least 4 members (excludes halogenated alkanes) is 17. The van der Waals surface area contributed by atoms with Gasteiger partial charge in [0.15, 0.2) is 6.29 Å². The summed E-state index contributed by atoms with van der Waals surface area (Å²) in [5, 5.41) is 53.7. The minimum absolute atomic E-state index is 0.191. The molecule has 7 unspecified atom stereocenters. The van der Waals surface area contributed by atoms with E-state index < -0.39 is 49.5 Å². The molecule has 7 atom stereocenters. The highest BCUT2D eigenvalue weighted by atomic mass is 16.7. The first-order valence-corrected chi connectivity index (χ1v) is 18.6. The van der Waals surface area contributed by atoms with E-state index in [2.05, 4.69) is 31.3 Å². The number of aliphatic hydroxyl groups is 5. The molecule has 0 saturated carbocycles. The molecule has 9 heteroatoms. The number of carbonyl (C=O) groups is 1. The number of hydrogen-bond donors (Lipinski definition) is 6. The van der Waals surface area contributed by atoms with Crippen LogP contribution in [-0.4, -0.2) is 87.5 Å². The summed E-state index contributed by atoms with van der Waals surface area (Å²) in [6, 6.07) is -0.813. The second-order valence-electron chi connectivity index (χ2n) is 13.0. The Balaban J connectivity index is 2.48. The molecule has 1 rings (SSSR count). The third-order valence-corrected chi connectivity index (χ3v) is 8.78. The Morgan fingerprint density at radius 1 is 0.717 bits per heavy atom. The Bertz CT molecular complexity index is 776. The molecular formula is C37H69NO8. The molecule has 1 amide bonds. The molecule has 0 bridgehead atoms. The van der Waals surface area contributed by atoms with E-state index in [-0.39, 0.29) is 12.5 Å². The molecular weight excluding hydrogens is 586 g/mol. The predicted octanol–water partition coefficient (Wildman–Crippen LogP) is 5.99. The van der Waals surface area contributed by atoms with Gasteiger partial charge >= 0.3 is 0 Å². The van der Waals surface area contributed by atoms with Gasteiger partial charge in [0.1, 0.15) is 24.4 Å². The van der Waals surface area contributed by atoms with Crippen molar-refractivity contribution >= 4 is 5.91 Å². The average Bonchev–Trinajstić information content (AvgIpc) is 3.05. The number of ether oxygens (including phenoxy) is 2. The molecule has 270 valence electrons.